The van der Waals surface area contributed by atoms with Crippen LogP contribution in [0.3, 0.4) is 0 Å². The minimum Gasteiger partial charge on any atom is -0.480 e. The van der Waals surface area contributed by atoms with Crippen LogP contribution >= 0.6 is 0 Å². The molecule has 0 fully saturated rings. The summed E-state index contributed by atoms with van der Waals surface area (Å²) in [6.07, 6.45) is 0. The maximum atomic E-state index is 11.2. The Morgan fingerprint density at radius 1 is 1.26 bits per heavy atom. The van der Waals surface area contributed by atoms with Gasteiger partial charge in [-0.2, -0.15) is 0 Å². The molecular formula is C14H16N2O3. The largest absolute Gasteiger partial charge is 0.480 e. The standard InChI is InChI=1S/C14H16N2O3/c1-7-5-8(2)11(14(17)18)6-10(7)12-9(3)13(19-4)16-15-12/h5-6H,1-4H3,(H,15,16)(H,17,18). The summed E-state index contributed by atoms with van der Waals surface area (Å²) < 4.78 is 5.13. The number of carboxylic acids is 1. The predicted octanol–water partition coefficient (Wildman–Crippen LogP) is 2.71. The van der Waals surface area contributed by atoms with Gasteiger partial charge in [0, 0.05) is 11.1 Å². The van der Waals surface area contributed by atoms with Gasteiger partial charge in [0.15, 0.2) is 0 Å². The number of carboxylic acid groups (broad SMARTS) is 1. The van der Waals surface area contributed by atoms with Crippen molar-refractivity contribution in [3.63, 3.8) is 0 Å². The van der Waals surface area contributed by atoms with Gasteiger partial charge in [-0.3, -0.25) is 5.10 Å². The fourth-order valence-corrected chi connectivity index (χ4v) is 2.19. The average Bonchev–Trinajstić information content (AvgIpc) is 2.70. The van der Waals surface area contributed by atoms with E-state index in [2.05, 4.69) is 10.2 Å². The lowest BCUT2D eigenvalue weighted by atomic mass is 9.96. The second-order valence-corrected chi connectivity index (χ2v) is 4.52. The summed E-state index contributed by atoms with van der Waals surface area (Å²) in [7, 11) is 1.55. The quantitative estimate of drug-likeness (QED) is 0.889. The molecule has 0 aliphatic rings. The van der Waals surface area contributed by atoms with E-state index in [-0.39, 0.29) is 0 Å². The zero-order chi connectivity index (χ0) is 14.2. The number of benzene rings is 1. The van der Waals surface area contributed by atoms with E-state index in [0.29, 0.717) is 11.4 Å². The SMILES string of the molecule is COc1n[nH]c(-c2cc(C(=O)O)c(C)cc2C)c1C. The molecule has 0 unspecified atom stereocenters. The van der Waals surface area contributed by atoms with E-state index in [0.717, 1.165) is 27.9 Å². The summed E-state index contributed by atoms with van der Waals surface area (Å²) in [6.45, 7) is 5.62. The van der Waals surface area contributed by atoms with Gasteiger partial charge in [0.05, 0.1) is 18.4 Å². The highest BCUT2D eigenvalue weighted by molar-refractivity contribution is 5.91. The lowest BCUT2D eigenvalue weighted by Crippen LogP contribution is -2.01. The number of H-pyrrole nitrogens is 1. The van der Waals surface area contributed by atoms with Crippen molar-refractivity contribution in [1.29, 1.82) is 0 Å². The van der Waals surface area contributed by atoms with Crippen LogP contribution in [0.2, 0.25) is 0 Å². The van der Waals surface area contributed by atoms with Crippen LogP contribution in [0.15, 0.2) is 12.1 Å². The van der Waals surface area contributed by atoms with E-state index < -0.39 is 5.97 Å². The molecule has 0 saturated carbocycles. The Balaban J connectivity index is 2.64. The molecule has 5 heteroatoms. The van der Waals surface area contributed by atoms with Gasteiger partial charge in [0.25, 0.3) is 0 Å². The number of aromatic nitrogens is 2. The topological polar surface area (TPSA) is 75.2 Å². The molecule has 1 aromatic heterocycles. The zero-order valence-corrected chi connectivity index (χ0v) is 11.4. The van der Waals surface area contributed by atoms with E-state index in [9.17, 15) is 9.90 Å². The highest BCUT2D eigenvalue weighted by Crippen LogP contribution is 2.31. The number of hydrogen-bond donors (Lipinski definition) is 2. The summed E-state index contributed by atoms with van der Waals surface area (Å²) in [5.41, 5.74) is 4.53. The van der Waals surface area contributed by atoms with Gasteiger partial charge in [-0.15, -0.1) is 5.10 Å². The van der Waals surface area contributed by atoms with Crippen molar-refractivity contribution >= 4 is 5.97 Å². The van der Waals surface area contributed by atoms with Crippen LogP contribution in [-0.4, -0.2) is 28.4 Å². The molecule has 0 atom stereocenters. The van der Waals surface area contributed by atoms with E-state index >= 15 is 0 Å². The van der Waals surface area contributed by atoms with Crippen molar-refractivity contribution in [3.05, 3.63) is 34.4 Å². The number of aromatic carboxylic acids is 1. The average molecular weight is 260 g/mol. The Morgan fingerprint density at radius 3 is 2.47 bits per heavy atom. The van der Waals surface area contributed by atoms with Crippen molar-refractivity contribution in [3.8, 4) is 17.1 Å². The van der Waals surface area contributed by atoms with Crippen LogP contribution in [0.5, 0.6) is 5.88 Å². The van der Waals surface area contributed by atoms with Crippen LogP contribution in [0.25, 0.3) is 11.3 Å². The first-order chi connectivity index (χ1) is 8.95. The normalized spacial score (nSPS) is 10.5. The Labute approximate surface area is 111 Å². The second-order valence-electron chi connectivity index (χ2n) is 4.52. The third kappa shape index (κ3) is 2.19. The van der Waals surface area contributed by atoms with E-state index in [1.54, 1.807) is 20.1 Å². The third-order valence-electron chi connectivity index (χ3n) is 3.23. The molecule has 2 N–H and O–H groups in total. The van der Waals surface area contributed by atoms with Gasteiger partial charge in [-0.1, -0.05) is 6.07 Å². The summed E-state index contributed by atoms with van der Waals surface area (Å²) in [6, 6.07) is 3.54. The Morgan fingerprint density at radius 2 is 1.95 bits per heavy atom. The molecule has 0 aliphatic carbocycles. The van der Waals surface area contributed by atoms with Crippen LogP contribution in [-0.2, 0) is 0 Å². The molecule has 0 amide bonds. The summed E-state index contributed by atoms with van der Waals surface area (Å²) >= 11 is 0. The Bertz CT molecular complexity index is 644. The summed E-state index contributed by atoms with van der Waals surface area (Å²) in [5, 5.41) is 16.2. The maximum Gasteiger partial charge on any atom is 0.335 e. The van der Waals surface area contributed by atoms with Crippen LogP contribution < -0.4 is 4.74 Å². The van der Waals surface area contributed by atoms with Crippen molar-refractivity contribution in [2.45, 2.75) is 20.8 Å². The monoisotopic (exact) mass is 260 g/mol. The van der Waals surface area contributed by atoms with E-state index in [4.69, 9.17) is 4.74 Å². The van der Waals surface area contributed by atoms with Gasteiger partial charge in [0.2, 0.25) is 5.88 Å². The smallest absolute Gasteiger partial charge is 0.335 e. The van der Waals surface area contributed by atoms with Crippen LogP contribution in [0, 0.1) is 20.8 Å². The lowest BCUT2D eigenvalue weighted by molar-refractivity contribution is 0.0696. The second kappa shape index (κ2) is 4.76. The van der Waals surface area contributed by atoms with Crippen molar-refractivity contribution in [2.75, 3.05) is 7.11 Å². The van der Waals surface area contributed by atoms with Gasteiger partial charge in [-0.05, 0) is 38.0 Å². The maximum absolute atomic E-state index is 11.2. The first-order valence-electron chi connectivity index (χ1n) is 5.89. The van der Waals surface area contributed by atoms with Crippen LogP contribution in [0.1, 0.15) is 27.0 Å². The van der Waals surface area contributed by atoms with Gasteiger partial charge < -0.3 is 9.84 Å². The van der Waals surface area contributed by atoms with Crippen LogP contribution in [0.4, 0.5) is 0 Å². The van der Waals surface area contributed by atoms with Crippen molar-refractivity contribution < 1.29 is 14.6 Å². The Hall–Kier alpha value is -2.30. The molecule has 0 radical (unpaired) electrons. The minimum atomic E-state index is -0.928. The highest BCUT2D eigenvalue weighted by atomic mass is 16.5. The molecule has 2 aromatic rings. The molecule has 0 bridgehead atoms. The lowest BCUT2D eigenvalue weighted by Gasteiger charge is -2.09. The number of carbonyl (C=O) groups is 1. The van der Waals surface area contributed by atoms with Crippen molar-refractivity contribution in [2.24, 2.45) is 0 Å². The first kappa shape index (κ1) is 13.1. The van der Waals surface area contributed by atoms with Gasteiger partial charge in [-0.25, -0.2) is 4.79 Å². The van der Waals surface area contributed by atoms with Gasteiger partial charge in [0.1, 0.15) is 0 Å². The molecule has 0 aliphatic heterocycles. The number of hydrogen-bond acceptors (Lipinski definition) is 3. The number of methoxy groups -OCH3 is 1. The molecule has 1 heterocycles. The first-order valence-corrected chi connectivity index (χ1v) is 5.89. The fourth-order valence-electron chi connectivity index (χ4n) is 2.19. The molecule has 2 rings (SSSR count). The number of nitrogens with zero attached hydrogens (tertiary/aromatic N) is 1. The number of ether oxygens (including phenoxy) is 1. The molecule has 19 heavy (non-hydrogen) atoms. The summed E-state index contributed by atoms with van der Waals surface area (Å²) in [4.78, 5) is 11.2. The third-order valence-corrected chi connectivity index (χ3v) is 3.23. The predicted molar refractivity (Wildman–Crippen MR) is 71.7 cm³/mol. The zero-order valence-electron chi connectivity index (χ0n) is 11.4. The summed E-state index contributed by atoms with van der Waals surface area (Å²) in [5.74, 6) is -0.408. The fraction of sp³-hybridized carbons (Fsp3) is 0.286. The molecule has 1 aromatic carbocycles. The molecule has 0 saturated heterocycles. The highest BCUT2D eigenvalue weighted by Gasteiger charge is 2.16. The number of rotatable bonds is 3. The number of nitrogens with one attached hydrogen (secondary N) is 1. The number of aromatic amines is 1. The van der Waals surface area contributed by atoms with Crippen molar-refractivity contribution in [1.82, 2.24) is 10.2 Å². The Kier molecular flexibility index (Phi) is 3.29. The van der Waals surface area contributed by atoms with E-state index in [1.165, 1.54) is 0 Å². The van der Waals surface area contributed by atoms with Gasteiger partial charge >= 0.3 is 5.97 Å². The molecule has 5 nitrogen and oxygen atoms in total. The van der Waals surface area contributed by atoms with E-state index in [1.807, 2.05) is 19.9 Å². The molecular weight excluding hydrogens is 244 g/mol. The minimum absolute atomic E-state index is 0.300. The molecule has 0 spiro atoms. The molecule has 100 valence electrons. The number of aryl methyl sites for hydroxylation is 2.